The van der Waals surface area contributed by atoms with Crippen LogP contribution in [0.25, 0.3) is 0 Å². The number of rotatable bonds is 0. The molecule has 0 bridgehead atoms. The van der Waals surface area contributed by atoms with Crippen LogP contribution in [0.15, 0.2) is 36.5 Å². The van der Waals surface area contributed by atoms with Crippen molar-refractivity contribution in [1.82, 2.24) is 0 Å². The summed E-state index contributed by atoms with van der Waals surface area (Å²) in [5, 5.41) is 0. The van der Waals surface area contributed by atoms with Crippen molar-refractivity contribution in [3.63, 3.8) is 0 Å². The van der Waals surface area contributed by atoms with Gasteiger partial charge in [-0.15, -0.1) is 12.8 Å². The van der Waals surface area contributed by atoms with Crippen molar-refractivity contribution in [1.29, 1.82) is 0 Å². The number of allylic oxidation sites excluding steroid dienone is 8. The summed E-state index contributed by atoms with van der Waals surface area (Å²) in [4.78, 5) is 0. The average Bonchev–Trinajstić information content (AvgIpc) is 2.85. The quantitative estimate of drug-likeness (QED) is 0.456. The van der Waals surface area contributed by atoms with Gasteiger partial charge in [-0.05, 0) is 0 Å². The molecular weight excluding hydrogens is 328 g/mol. The third-order valence-corrected chi connectivity index (χ3v) is 1.17. The summed E-state index contributed by atoms with van der Waals surface area (Å²) in [5.41, 5.74) is 0. The Bertz CT molecular complexity index is 163. The second kappa shape index (κ2) is 12.6. The molecule has 0 unspecified atom stereocenters. The van der Waals surface area contributed by atoms with Crippen LogP contribution < -0.4 is 0 Å². The molecular formula is C10H10Br2Ti-2. The van der Waals surface area contributed by atoms with E-state index < -0.39 is 0 Å². The predicted octanol–water partition coefficient (Wildman–Crippen LogP) is 4.30. The fourth-order valence-corrected chi connectivity index (χ4v) is 0.680. The largest absolute Gasteiger partial charge is 0.273 e. The molecule has 3 heteroatoms. The summed E-state index contributed by atoms with van der Waals surface area (Å²) >= 11 is 6.50. The predicted molar refractivity (Wildman–Crippen MR) is 61.0 cm³/mol. The minimum Gasteiger partial charge on any atom is -0.273 e. The average molecular weight is 338 g/mol. The van der Waals surface area contributed by atoms with Crippen LogP contribution in [-0.4, -0.2) is 0 Å². The maximum absolute atomic E-state index is 3.19. The molecule has 2 rings (SSSR count). The molecule has 0 nitrogen and oxygen atoms in total. The van der Waals surface area contributed by atoms with Crippen molar-refractivity contribution in [3.8, 4) is 0 Å². The second-order valence-corrected chi connectivity index (χ2v) is 9.96. The number of hydrogen-bond donors (Lipinski definition) is 0. The first kappa shape index (κ1) is 13.6. The van der Waals surface area contributed by atoms with Crippen molar-refractivity contribution in [2.75, 3.05) is 0 Å². The third-order valence-electron chi connectivity index (χ3n) is 1.17. The van der Waals surface area contributed by atoms with E-state index in [1.165, 1.54) is 0 Å². The molecule has 0 fully saturated rings. The topological polar surface area (TPSA) is 0 Å². The fourth-order valence-electron chi connectivity index (χ4n) is 0.680. The molecule has 0 heterocycles. The van der Waals surface area contributed by atoms with Crippen LogP contribution in [0.5, 0.6) is 0 Å². The summed E-state index contributed by atoms with van der Waals surface area (Å²) in [5.74, 6) is 0. The van der Waals surface area contributed by atoms with E-state index in [9.17, 15) is 0 Å². The van der Waals surface area contributed by atoms with Gasteiger partial charge < -0.3 is 0 Å². The van der Waals surface area contributed by atoms with E-state index in [2.05, 4.69) is 50.6 Å². The van der Waals surface area contributed by atoms with E-state index in [-0.39, 0.29) is 15.0 Å². The Morgan fingerprint density at radius 1 is 0.923 bits per heavy atom. The molecule has 0 radical (unpaired) electrons. The van der Waals surface area contributed by atoms with Crippen LogP contribution >= 0.6 is 26.3 Å². The zero-order valence-corrected chi connectivity index (χ0v) is 11.9. The fraction of sp³-hybridized carbons (Fsp3) is 0.200. The van der Waals surface area contributed by atoms with Crippen molar-refractivity contribution >= 4 is 26.3 Å². The smallest absolute Gasteiger partial charge is 0.109 e. The van der Waals surface area contributed by atoms with Crippen LogP contribution in [0.2, 0.25) is 0 Å². The first-order chi connectivity index (χ1) is 6.41. The molecule has 0 spiro atoms. The first-order valence-electron chi connectivity index (χ1n) is 3.81. The Kier molecular flexibility index (Phi) is 13.3. The Hall–Kier alpha value is 0.634. The van der Waals surface area contributed by atoms with Crippen molar-refractivity contribution in [2.45, 2.75) is 12.8 Å². The molecule has 13 heavy (non-hydrogen) atoms. The molecule has 0 N–H and O–H groups in total. The molecule has 70 valence electrons. The Morgan fingerprint density at radius 3 is 1.38 bits per heavy atom. The second-order valence-electron chi connectivity index (χ2n) is 2.08. The monoisotopic (exact) mass is 336 g/mol. The van der Waals surface area contributed by atoms with Crippen molar-refractivity contribution in [2.24, 2.45) is 0 Å². The molecule has 0 atom stereocenters. The van der Waals surface area contributed by atoms with E-state index in [1.807, 2.05) is 24.3 Å². The standard InChI is InChI=1S/2C5H5.2BrH.Ti/c2*1-2-4-5-3-1;;;/h2*1-3H,4H2;2*1H;/q2*-1;;;+2/p-2. The molecule has 0 aromatic heterocycles. The van der Waals surface area contributed by atoms with Crippen LogP contribution in [0, 0.1) is 12.2 Å². The van der Waals surface area contributed by atoms with Crippen molar-refractivity contribution < 1.29 is 15.0 Å². The minimum atomic E-state index is 0.125. The maximum atomic E-state index is 3.19. The normalized spacial score (nSPS) is 14.6. The zero-order valence-electron chi connectivity index (χ0n) is 7.13. The number of halogens is 2. The van der Waals surface area contributed by atoms with Gasteiger partial charge in [-0.1, -0.05) is 0 Å². The van der Waals surface area contributed by atoms with E-state index >= 15 is 0 Å². The molecule has 0 aromatic carbocycles. The van der Waals surface area contributed by atoms with Crippen LogP contribution in [0.4, 0.5) is 0 Å². The summed E-state index contributed by atoms with van der Waals surface area (Å²) in [6.07, 6.45) is 20.0. The van der Waals surface area contributed by atoms with Gasteiger partial charge in [0.25, 0.3) is 0 Å². The van der Waals surface area contributed by atoms with E-state index in [0.29, 0.717) is 0 Å². The van der Waals surface area contributed by atoms with Gasteiger partial charge in [0, 0.05) is 0 Å². The SMILES string of the molecule is [Br][Ti][Br].[C-]1=CC=CC1.[C-]1=CC=CC1. The van der Waals surface area contributed by atoms with E-state index in [1.54, 1.807) is 0 Å². The third kappa shape index (κ3) is 12.6. The van der Waals surface area contributed by atoms with E-state index in [4.69, 9.17) is 0 Å². The van der Waals surface area contributed by atoms with Gasteiger partial charge >= 0.3 is 41.3 Å². The summed E-state index contributed by atoms with van der Waals surface area (Å²) in [6, 6.07) is 0. The van der Waals surface area contributed by atoms with E-state index in [0.717, 1.165) is 12.8 Å². The Balaban J connectivity index is 0.000000174. The summed E-state index contributed by atoms with van der Waals surface area (Å²) in [6.45, 7) is 0. The van der Waals surface area contributed by atoms with Crippen molar-refractivity contribution in [3.05, 3.63) is 48.6 Å². The molecule has 2 aliphatic rings. The first-order valence-corrected chi connectivity index (χ1v) is 11.5. The van der Waals surface area contributed by atoms with Crippen LogP contribution in [0.3, 0.4) is 0 Å². The van der Waals surface area contributed by atoms with Crippen LogP contribution in [-0.2, 0) is 15.0 Å². The zero-order chi connectivity index (χ0) is 9.78. The molecule has 0 amide bonds. The van der Waals surface area contributed by atoms with Gasteiger partial charge in [0.05, 0.1) is 0 Å². The van der Waals surface area contributed by atoms with Gasteiger partial charge in [0.1, 0.15) is 0 Å². The van der Waals surface area contributed by atoms with Gasteiger partial charge in [0.2, 0.25) is 0 Å². The molecule has 0 saturated carbocycles. The van der Waals surface area contributed by atoms with Crippen LogP contribution in [0.1, 0.15) is 12.8 Å². The Labute approximate surface area is 102 Å². The molecule has 0 saturated heterocycles. The van der Waals surface area contributed by atoms with Gasteiger partial charge in [-0.2, -0.15) is 12.2 Å². The molecule has 0 aromatic rings. The Morgan fingerprint density at radius 2 is 1.31 bits per heavy atom. The molecule has 2 aliphatic carbocycles. The van der Waals surface area contributed by atoms with Gasteiger partial charge in [-0.3, -0.25) is 12.2 Å². The molecule has 0 aliphatic heterocycles. The van der Waals surface area contributed by atoms with Gasteiger partial charge in [0.15, 0.2) is 0 Å². The van der Waals surface area contributed by atoms with Gasteiger partial charge in [-0.25, -0.2) is 24.3 Å². The summed E-state index contributed by atoms with van der Waals surface area (Å²) < 4.78 is 0. The minimum absolute atomic E-state index is 0.125. The number of hydrogen-bond acceptors (Lipinski definition) is 0. The summed E-state index contributed by atoms with van der Waals surface area (Å²) in [7, 11) is 0. The maximum Gasteiger partial charge on any atom is -0.109 e.